The van der Waals surface area contributed by atoms with E-state index < -0.39 is 5.69 Å². The molecule has 3 fully saturated rings. The van der Waals surface area contributed by atoms with Gasteiger partial charge in [-0.3, -0.25) is 14.3 Å². The number of hydrogen-bond donors (Lipinski definition) is 2. The van der Waals surface area contributed by atoms with Gasteiger partial charge in [0, 0.05) is 54.0 Å². The Kier molecular flexibility index (Phi) is 13.2. The predicted molar refractivity (Wildman–Crippen MR) is 201 cm³/mol. The van der Waals surface area contributed by atoms with E-state index in [2.05, 4.69) is 62.2 Å². The number of aromatic nitrogens is 3. The third-order valence-corrected chi connectivity index (χ3v) is 11.6. The van der Waals surface area contributed by atoms with Crippen molar-refractivity contribution >= 4 is 45.1 Å². The van der Waals surface area contributed by atoms with Crippen molar-refractivity contribution in [3.63, 3.8) is 0 Å². The van der Waals surface area contributed by atoms with Gasteiger partial charge in [0.1, 0.15) is 29.7 Å². The second-order valence-corrected chi connectivity index (χ2v) is 15.4. The Morgan fingerprint density at radius 3 is 2.47 bits per heavy atom. The summed E-state index contributed by atoms with van der Waals surface area (Å²) in [5.74, 6) is 1.15. The molecule has 0 saturated carbocycles. The summed E-state index contributed by atoms with van der Waals surface area (Å²) in [5, 5.41) is 25.4. The molecule has 0 aliphatic carbocycles. The summed E-state index contributed by atoms with van der Waals surface area (Å²) in [7, 11) is 0. The van der Waals surface area contributed by atoms with E-state index in [1.807, 2.05) is 18.7 Å². The number of rotatable bonds is 8. The molecule has 3 N–H and O–H groups in total. The van der Waals surface area contributed by atoms with E-state index in [0.29, 0.717) is 42.6 Å². The standard InChI is InChI=1S/C28H37BrN4O3.C8H11N3O3S/c1-5-36-30-26(22-6-8-24(29)9-7-22)23-11-15-32(16-12-23)28(4)13-18-31(19-14-28)27(34)25-20(2)10-17-33(35)21(25)3;9-5-1-2-11(8(13)10-5)6-4-15-7(3-12)14-6/h6-10,17,23H,5,11-16,18-19H2,1-4H3;1-2,6-7,12H,3-4H2,(H2,9,10,13)/b30-26+;/t;6-,7+/m.0/s1. The molecule has 3 saturated heterocycles. The Morgan fingerprint density at radius 2 is 1.86 bits per heavy atom. The lowest BCUT2D eigenvalue weighted by atomic mass is 9.82. The fourth-order valence-corrected chi connectivity index (χ4v) is 8.10. The fraction of sp³-hybridized carbons (Fsp3) is 0.528. The summed E-state index contributed by atoms with van der Waals surface area (Å²) in [6.45, 7) is 11.8. The van der Waals surface area contributed by atoms with Crippen molar-refractivity contribution in [1.82, 2.24) is 19.4 Å². The molecule has 0 spiro atoms. The number of aliphatic hydroxyl groups excluding tert-OH is 1. The van der Waals surface area contributed by atoms with Crippen LogP contribution in [-0.2, 0) is 9.57 Å². The van der Waals surface area contributed by atoms with Crippen LogP contribution >= 0.6 is 27.7 Å². The molecule has 5 heterocycles. The molecule has 3 aliphatic rings. The number of nitrogen functional groups attached to an aromatic ring is 1. The molecule has 1 aromatic carbocycles. The van der Waals surface area contributed by atoms with Gasteiger partial charge >= 0.3 is 5.69 Å². The van der Waals surface area contributed by atoms with Crippen LogP contribution < -0.4 is 16.2 Å². The number of thioether (sulfide) groups is 1. The highest BCUT2D eigenvalue weighted by Crippen LogP contribution is 2.35. The van der Waals surface area contributed by atoms with Gasteiger partial charge in [-0.25, -0.2) is 4.79 Å². The lowest BCUT2D eigenvalue weighted by Gasteiger charge is -2.49. The molecular formula is C36H48BrN7O6S. The third-order valence-electron chi connectivity index (χ3n) is 10.0. The Balaban J connectivity index is 0.000000279. The molecule has 276 valence electrons. The number of nitrogens with zero attached hydrogens (tertiary/aromatic N) is 6. The number of piperidine rings is 2. The lowest BCUT2D eigenvalue weighted by molar-refractivity contribution is -0.612. The van der Waals surface area contributed by atoms with Gasteiger partial charge in [0.05, 0.1) is 12.3 Å². The molecule has 3 aromatic rings. The first kappa shape index (κ1) is 38.7. The van der Waals surface area contributed by atoms with Gasteiger partial charge in [-0.1, -0.05) is 33.2 Å². The Labute approximate surface area is 311 Å². The van der Waals surface area contributed by atoms with Crippen molar-refractivity contribution in [1.29, 1.82) is 0 Å². The molecule has 13 nitrogen and oxygen atoms in total. The van der Waals surface area contributed by atoms with E-state index in [1.165, 1.54) is 22.5 Å². The second-order valence-electron chi connectivity index (χ2n) is 13.3. The summed E-state index contributed by atoms with van der Waals surface area (Å²) >= 11 is 4.99. The summed E-state index contributed by atoms with van der Waals surface area (Å²) in [6, 6.07) is 11.6. The maximum atomic E-state index is 13.3. The number of pyridine rings is 1. The van der Waals surface area contributed by atoms with Crippen molar-refractivity contribution in [2.24, 2.45) is 11.1 Å². The molecule has 2 atom stereocenters. The summed E-state index contributed by atoms with van der Waals surface area (Å²) in [6.07, 6.45) is 6.58. The van der Waals surface area contributed by atoms with E-state index >= 15 is 0 Å². The van der Waals surface area contributed by atoms with E-state index in [4.69, 9.17) is 20.4 Å². The number of aliphatic hydroxyl groups is 1. The lowest BCUT2D eigenvalue weighted by Crippen LogP contribution is -2.57. The number of nitrogens with two attached hydrogens (primary N) is 1. The van der Waals surface area contributed by atoms with Crippen molar-refractivity contribution < 1.29 is 24.2 Å². The average Bonchev–Trinajstić information content (AvgIpc) is 3.61. The molecule has 2 aromatic heterocycles. The number of hydrogen-bond acceptors (Lipinski definition) is 11. The number of carbonyl (C=O) groups is 1. The number of anilines is 1. The molecule has 0 radical (unpaired) electrons. The highest BCUT2D eigenvalue weighted by Gasteiger charge is 2.40. The number of aryl methyl sites for hydroxylation is 1. The molecular weight excluding hydrogens is 738 g/mol. The SMILES string of the molecule is CCO/N=C(\c1ccc(Br)cc1)C1CCN(C2(C)CCN(C(=O)c3c(C)cc[n+]([O-])c3C)CC2)CC1.Nc1ccn([C@@H]2CS[C@H](CO)O2)c(=O)n1. The first-order chi connectivity index (χ1) is 24.4. The van der Waals surface area contributed by atoms with Gasteiger partial charge in [-0.05, 0) is 88.9 Å². The average molecular weight is 787 g/mol. The van der Waals surface area contributed by atoms with E-state index in [1.54, 1.807) is 25.3 Å². The van der Waals surface area contributed by atoms with Gasteiger partial charge in [-0.2, -0.15) is 9.71 Å². The zero-order valence-corrected chi connectivity index (χ0v) is 32.1. The number of benzene rings is 1. The summed E-state index contributed by atoms with van der Waals surface area (Å²) in [5.41, 5.74) is 8.78. The number of amides is 1. The van der Waals surface area contributed by atoms with Crippen LogP contribution in [0.2, 0.25) is 0 Å². The molecule has 6 rings (SSSR count). The van der Waals surface area contributed by atoms with Gasteiger partial charge in [0.25, 0.3) is 5.91 Å². The summed E-state index contributed by atoms with van der Waals surface area (Å²) < 4.78 is 8.63. The zero-order valence-electron chi connectivity index (χ0n) is 29.7. The smallest absolute Gasteiger partial charge is 0.351 e. The zero-order chi connectivity index (χ0) is 36.7. The second kappa shape index (κ2) is 17.3. The Morgan fingerprint density at radius 1 is 1.18 bits per heavy atom. The van der Waals surface area contributed by atoms with Crippen LogP contribution in [0.15, 0.2) is 63.2 Å². The normalized spacial score (nSPS) is 21.2. The van der Waals surface area contributed by atoms with Gasteiger partial charge in [0.15, 0.2) is 6.20 Å². The maximum absolute atomic E-state index is 13.3. The van der Waals surface area contributed by atoms with E-state index in [-0.39, 0.29) is 35.5 Å². The van der Waals surface area contributed by atoms with E-state index in [0.717, 1.165) is 64.8 Å². The number of halogens is 1. The van der Waals surface area contributed by atoms with Crippen LogP contribution in [0.1, 0.15) is 72.9 Å². The monoisotopic (exact) mass is 785 g/mol. The molecule has 51 heavy (non-hydrogen) atoms. The van der Waals surface area contributed by atoms with Crippen LogP contribution in [-0.4, -0.2) is 92.2 Å². The van der Waals surface area contributed by atoms with Crippen molar-refractivity contribution in [2.75, 3.05) is 50.9 Å². The molecule has 3 aliphatic heterocycles. The van der Waals surface area contributed by atoms with Crippen molar-refractivity contribution in [3.8, 4) is 0 Å². The van der Waals surface area contributed by atoms with Crippen LogP contribution in [0.25, 0.3) is 0 Å². The first-order valence-electron chi connectivity index (χ1n) is 17.4. The quantitative estimate of drug-likeness (QED) is 0.146. The molecule has 1 amide bonds. The molecule has 15 heteroatoms. The van der Waals surface area contributed by atoms with Gasteiger partial charge < -0.3 is 30.5 Å². The minimum atomic E-state index is -0.431. The van der Waals surface area contributed by atoms with Gasteiger partial charge in [0.2, 0.25) is 5.69 Å². The third kappa shape index (κ3) is 9.30. The number of oxime groups is 1. The Bertz CT molecular complexity index is 1740. The number of ether oxygens (including phenoxy) is 1. The molecule has 0 bridgehead atoms. The number of likely N-dealkylation sites (tertiary alicyclic amines) is 2. The highest BCUT2D eigenvalue weighted by atomic mass is 79.9. The predicted octanol–water partition coefficient (Wildman–Crippen LogP) is 4.25. The highest BCUT2D eigenvalue weighted by molar-refractivity contribution is 9.10. The van der Waals surface area contributed by atoms with E-state index in [9.17, 15) is 14.8 Å². The first-order valence-corrected chi connectivity index (χ1v) is 19.2. The largest absolute Gasteiger partial charge is 0.618 e. The van der Waals surface area contributed by atoms with Crippen molar-refractivity contribution in [3.05, 3.63) is 91.3 Å². The van der Waals surface area contributed by atoms with Crippen LogP contribution in [0.4, 0.5) is 5.82 Å². The maximum Gasteiger partial charge on any atom is 0.351 e. The van der Waals surface area contributed by atoms with Crippen LogP contribution in [0.5, 0.6) is 0 Å². The van der Waals surface area contributed by atoms with Crippen molar-refractivity contribution in [2.45, 2.75) is 70.6 Å². The minimum Gasteiger partial charge on any atom is -0.618 e. The van der Waals surface area contributed by atoms with Crippen LogP contribution in [0, 0.1) is 25.0 Å². The van der Waals surface area contributed by atoms with Crippen LogP contribution in [0.3, 0.4) is 0 Å². The Hall–Kier alpha value is -3.50. The minimum absolute atomic E-state index is 0.0257. The summed E-state index contributed by atoms with van der Waals surface area (Å²) in [4.78, 5) is 38.3. The number of carbonyl (C=O) groups excluding carboxylic acids is 1. The fourth-order valence-electron chi connectivity index (χ4n) is 6.90. The van der Waals surface area contributed by atoms with Gasteiger partial charge in [-0.15, -0.1) is 11.8 Å². The topological polar surface area (TPSA) is 162 Å². The molecule has 0 unspecified atom stereocenters.